The molecule has 3 amide bonds. The Balaban J connectivity index is 1.27. The fourth-order valence-electron chi connectivity index (χ4n) is 4.38. The molecule has 3 aliphatic rings. The molecule has 0 spiro atoms. The number of ether oxygens (including phenoxy) is 1. The Morgan fingerprint density at radius 1 is 0.931 bits per heavy atom. The van der Waals surface area contributed by atoms with Gasteiger partial charge in [-0.1, -0.05) is 12.1 Å². The van der Waals surface area contributed by atoms with E-state index in [4.69, 9.17) is 4.74 Å². The lowest BCUT2D eigenvalue weighted by Gasteiger charge is -2.36. The van der Waals surface area contributed by atoms with Gasteiger partial charge in [-0.3, -0.25) is 24.2 Å². The molecule has 1 aromatic rings. The third-order valence-electron chi connectivity index (χ3n) is 6.22. The van der Waals surface area contributed by atoms with Crippen molar-refractivity contribution in [3.8, 4) is 0 Å². The summed E-state index contributed by atoms with van der Waals surface area (Å²) >= 11 is 0. The molecular formula is C22H29N3O4. The summed E-state index contributed by atoms with van der Waals surface area (Å²) in [6.07, 6.45) is 2.69. The molecule has 0 aliphatic carbocycles. The second kappa shape index (κ2) is 9.05. The number of hydrogen-bond acceptors (Lipinski definition) is 5. The molecule has 0 atom stereocenters. The van der Waals surface area contributed by atoms with E-state index in [9.17, 15) is 14.4 Å². The zero-order valence-corrected chi connectivity index (χ0v) is 16.8. The van der Waals surface area contributed by atoms with E-state index in [-0.39, 0.29) is 17.7 Å². The third-order valence-corrected chi connectivity index (χ3v) is 6.22. The van der Waals surface area contributed by atoms with Crippen molar-refractivity contribution >= 4 is 17.7 Å². The summed E-state index contributed by atoms with van der Waals surface area (Å²) < 4.78 is 5.41. The minimum atomic E-state index is -0.116. The van der Waals surface area contributed by atoms with Crippen LogP contribution in [-0.2, 0) is 20.9 Å². The first-order valence-electron chi connectivity index (χ1n) is 10.6. The summed E-state index contributed by atoms with van der Waals surface area (Å²) in [6.45, 7) is 6.67. The number of morpholine rings is 1. The average molecular weight is 399 g/mol. The van der Waals surface area contributed by atoms with Gasteiger partial charge < -0.3 is 9.64 Å². The van der Waals surface area contributed by atoms with Crippen molar-refractivity contribution in [2.45, 2.75) is 32.2 Å². The predicted molar refractivity (Wildman–Crippen MR) is 107 cm³/mol. The molecule has 0 radical (unpaired) electrons. The van der Waals surface area contributed by atoms with Crippen LogP contribution in [0.4, 0.5) is 0 Å². The van der Waals surface area contributed by atoms with Crippen molar-refractivity contribution in [3.63, 3.8) is 0 Å². The smallest absolute Gasteiger partial charge is 0.253 e. The summed E-state index contributed by atoms with van der Waals surface area (Å²) in [7, 11) is 0. The van der Waals surface area contributed by atoms with Crippen molar-refractivity contribution in [1.29, 1.82) is 0 Å². The topological polar surface area (TPSA) is 70.2 Å². The monoisotopic (exact) mass is 399 g/mol. The molecule has 156 valence electrons. The standard InChI is InChI=1S/C22H29N3O4/c26-20-5-6-21(27)25(20)16-17-1-3-19(4-2-17)22(28)24-9-7-18(8-10-24)15-23-11-13-29-14-12-23/h1-4,18H,5-16H2. The molecule has 7 nitrogen and oxygen atoms in total. The van der Waals surface area contributed by atoms with Crippen LogP contribution in [0.1, 0.15) is 41.6 Å². The van der Waals surface area contributed by atoms with E-state index in [1.807, 2.05) is 29.2 Å². The Labute approximate surface area is 171 Å². The van der Waals surface area contributed by atoms with Gasteiger partial charge in [-0.25, -0.2) is 0 Å². The molecule has 7 heteroatoms. The van der Waals surface area contributed by atoms with Crippen LogP contribution in [0.3, 0.4) is 0 Å². The number of piperidine rings is 1. The highest BCUT2D eigenvalue weighted by molar-refractivity contribution is 6.01. The zero-order chi connectivity index (χ0) is 20.2. The van der Waals surface area contributed by atoms with Crippen molar-refractivity contribution in [1.82, 2.24) is 14.7 Å². The quantitative estimate of drug-likeness (QED) is 0.702. The summed E-state index contributed by atoms with van der Waals surface area (Å²) in [5.41, 5.74) is 1.54. The third kappa shape index (κ3) is 4.85. The van der Waals surface area contributed by atoms with Gasteiger partial charge in [0, 0.05) is 51.1 Å². The van der Waals surface area contributed by atoms with Gasteiger partial charge in [0.1, 0.15) is 0 Å². The number of rotatable bonds is 5. The Kier molecular flexibility index (Phi) is 6.25. The van der Waals surface area contributed by atoms with Crippen molar-refractivity contribution in [3.05, 3.63) is 35.4 Å². The van der Waals surface area contributed by atoms with Gasteiger partial charge >= 0.3 is 0 Å². The van der Waals surface area contributed by atoms with Crippen LogP contribution in [0, 0.1) is 5.92 Å². The molecule has 3 fully saturated rings. The lowest BCUT2D eigenvalue weighted by atomic mass is 9.95. The summed E-state index contributed by atoms with van der Waals surface area (Å²) in [5.74, 6) is 0.481. The molecule has 0 unspecified atom stereocenters. The highest BCUT2D eigenvalue weighted by atomic mass is 16.5. The highest BCUT2D eigenvalue weighted by Gasteiger charge is 2.29. The zero-order valence-electron chi connectivity index (χ0n) is 16.8. The van der Waals surface area contributed by atoms with E-state index in [1.54, 1.807) is 0 Å². The summed E-state index contributed by atoms with van der Waals surface area (Å²) in [5, 5.41) is 0. The van der Waals surface area contributed by atoms with Crippen LogP contribution in [0.2, 0.25) is 0 Å². The molecule has 4 rings (SSSR count). The molecule has 0 aromatic heterocycles. The van der Waals surface area contributed by atoms with Crippen molar-refractivity contribution < 1.29 is 19.1 Å². The van der Waals surface area contributed by atoms with Gasteiger partial charge in [-0.05, 0) is 36.5 Å². The first-order valence-corrected chi connectivity index (χ1v) is 10.6. The lowest BCUT2D eigenvalue weighted by molar-refractivity contribution is -0.139. The Morgan fingerprint density at radius 3 is 2.17 bits per heavy atom. The predicted octanol–water partition coefficient (Wildman–Crippen LogP) is 1.52. The van der Waals surface area contributed by atoms with Gasteiger partial charge in [0.2, 0.25) is 11.8 Å². The first-order chi connectivity index (χ1) is 14.1. The lowest BCUT2D eigenvalue weighted by Crippen LogP contribution is -2.44. The van der Waals surface area contributed by atoms with Gasteiger partial charge in [-0.2, -0.15) is 0 Å². The normalized spacial score (nSPS) is 21.8. The van der Waals surface area contributed by atoms with Crippen LogP contribution < -0.4 is 0 Å². The number of carbonyl (C=O) groups is 3. The summed E-state index contributed by atoms with van der Waals surface area (Å²) in [4.78, 5) is 42.1. The molecule has 3 aliphatic heterocycles. The van der Waals surface area contributed by atoms with Gasteiger partial charge in [0.15, 0.2) is 0 Å². The molecule has 3 saturated heterocycles. The minimum Gasteiger partial charge on any atom is -0.379 e. The fourth-order valence-corrected chi connectivity index (χ4v) is 4.38. The number of amides is 3. The van der Waals surface area contributed by atoms with E-state index in [0.717, 1.165) is 64.3 Å². The number of nitrogens with zero attached hydrogens (tertiary/aromatic N) is 3. The maximum Gasteiger partial charge on any atom is 0.253 e. The van der Waals surface area contributed by atoms with E-state index in [0.29, 0.717) is 30.9 Å². The van der Waals surface area contributed by atoms with Crippen molar-refractivity contribution in [2.75, 3.05) is 45.9 Å². The second-order valence-corrected chi connectivity index (χ2v) is 8.22. The fraction of sp³-hybridized carbons (Fsp3) is 0.591. The largest absolute Gasteiger partial charge is 0.379 e. The Morgan fingerprint density at radius 2 is 1.55 bits per heavy atom. The van der Waals surface area contributed by atoms with Crippen LogP contribution in [0.5, 0.6) is 0 Å². The van der Waals surface area contributed by atoms with Gasteiger partial charge in [-0.15, -0.1) is 0 Å². The molecule has 0 N–H and O–H groups in total. The Bertz CT molecular complexity index is 734. The number of imide groups is 1. The van der Waals surface area contributed by atoms with E-state index >= 15 is 0 Å². The van der Waals surface area contributed by atoms with E-state index in [2.05, 4.69) is 4.90 Å². The van der Waals surface area contributed by atoms with Crippen LogP contribution in [0.15, 0.2) is 24.3 Å². The van der Waals surface area contributed by atoms with Gasteiger partial charge in [0.25, 0.3) is 5.91 Å². The number of hydrogen-bond donors (Lipinski definition) is 0. The average Bonchev–Trinajstić information content (AvgIpc) is 3.07. The maximum absolute atomic E-state index is 12.8. The first kappa shape index (κ1) is 20.0. The second-order valence-electron chi connectivity index (χ2n) is 8.22. The van der Waals surface area contributed by atoms with Crippen LogP contribution >= 0.6 is 0 Å². The molecule has 3 heterocycles. The molecule has 0 saturated carbocycles. The molecule has 0 bridgehead atoms. The van der Waals surface area contributed by atoms with E-state index < -0.39 is 0 Å². The van der Waals surface area contributed by atoms with Crippen LogP contribution in [0.25, 0.3) is 0 Å². The minimum absolute atomic E-state index is 0.0645. The number of benzene rings is 1. The van der Waals surface area contributed by atoms with Gasteiger partial charge in [0.05, 0.1) is 19.8 Å². The SMILES string of the molecule is O=C(c1ccc(CN2C(=O)CCC2=O)cc1)N1CCC(CN2CCOCC2)CC1. The van der Waals surface area contributed by atoms with Crippen LogP contribution in [-0.4, -0.2) is 78.4 Å². The molecule has 1 aromatic carbocycles. The maximum atomic E-state index is 12.8. The number of carbonyl (C=O) groups excluding carboxylic acids is 3. The molecule has 29 heavy (non-hydrogen) atoms. The van der Waals surface area contributed by atoms with Crippen molar-refractivity contribution in [2.24, 2.45) is 5.92 Å². The molecular weight excluding hydrogens is 370 g/mol. The summed E-state index contributed by atoms with van der Waals surface area (Å²) in [6, 6.07) is 7.31. The van der Waals surface area contributed by atoms with E-state index in [1.165, 1.54) is 4.90 Å². The number of likely N-dealkylation sites (tertiary alicyclic amines) is 2. The highest BCUT2D eigenvalue weighted by Crippen LogP contribution is 2.21. The Hall–Kier alpha value is -2.25.